The molecule has 0 saturated heterocycles. The van der Waals surface area contributed by atoms with E-state index < -0.39 is 12.3 Å². The van der Waals surface area contributed by atoms with Crippen LogP contribution in [0.1, 0.15) is 17.9 Å². The van der Waals surface area contributed by atoms with Crippen molar-refractivity contribution in [3.63, 3.8) is 0 Å². The number of hydrogen-bond acceptors (Lipinski definition) is 3. The number of benzene rings is 2. The monoisotopic (exact) mass is 372 g/mol. The quantitative estimate of drug-likeness (QED) is 0.710. The molecule has 7 heteroatoms. The van der Waals surface area contributed by atoms with Crippen LogP contribution in [-0.2, 0) is 4.79 Å². The smallest absolute Gasteiger partial charge is 0.405 e. The van der Waals surface area contributed by atoms with Gasteiger partial charge in [-0.05, 0) is 36.1 Å². The van der Waals surface area contributed by atoms with Crippen LogP contribution in [0.3, 0.4) is 0 Å². The lowest BCUT2D eigenvalue weighted by atomic mass is 10.1. The normalized spacial score (nSPS) is 18.9. The second-order valence-corrected chi connectivity index (χ2v) is 6.40. The standard InChI is InChI=1S/C20H15F3N2O2/c21-20(22,23)27-17-9-2-1-7-13(17)14-11-15(14)19(26)25-16-8-3-5-12-6-4-10-24-18(12)16/h1-10,14-15H,11H2,(H,25,26)/t14-,15-/m0/s1. The van der Waals surface area contributed by atoms with Gasteiger partial charge in [-0.3, -0.25) is 9.78 Å². The Balaban J connectivity index is 1.52. The highest BCUT2D eigenvalue weighted by Crippen LogP contribution is 2.51. The van der Waals surface area contributed by atoms with E-state index in [9.17, 15) is 18.0 Å². The van der Waals surface area contributed by atoms with E-state index in [0.717, 1.165) is 5.39 Å². The van der Waals surface area contributed by atoms with Crippen molar-refractivity contribution >= 4 is 22.5 Å². The van der Waals surface area contributed by atoms with Crippen molar-refractivity contribution in [3.8, 4) is 5.75 Å². The summed E-state index contributed by atoms with van der Waals surface area (Å²) in [6.45, 7) is 0. The van der Waals surface area contributed by atoms with Crippen LogP contribution in [-0.4, -0.2) is 17.3 Å². The molecule has 1 heterocycles. The summed E-state index contributed by atoms with van der Waals surface area (Å²) < 4.78 is 41.9. The number of rotatable bonds is 4. The molecule has 0 radical (unpaired) electrons. The maximum Gasteiger partial charge on any atom is 0.573 e. The van der Waals surface area contributed by atoms with E-state index in [0.29, 0.717) is 23.2 Å². The number of carbonyl (C=O) groups is 1. The molecular weight excluding hydrogens is 357 g/mol. The fourth-order valence-electron chi connectivity index (χ4n) is 3.26. The van der Waals surface area contributed by atoms with Gasteiger partial charge >= 0.3 is 6.36 Å². The van der Waals surface area contributed by atoms with Crippen LogP contribution in [0.25, 0.3) is 10.9 Å². The average molecular weight is 372 g/mol. The van der Waals surface area contributed by atoms with Crippen LogP contribution in [0.2, 0.25) is 0 Å². The van der Waals surface area contributed by atoms with Crippen LogP contribution in [0.4, 0.5) is 18.9 Å². The highest BCUT2D eigenvalue weighted by molar-refractivity contribution is 6.02. The summed E-state index contributed by atoms with van der Waals surface area (Å²) in [6.07, 6.45) is -2.65. The maximum absolute atomic E-state index is 12.6. The molecule has 0 aliphatic heterocycles. The van der Waals surface area contributed by atoms with Gasteiger partial charge in [0.25, 0.3) is 0 Å². The minimum Gasteiger partial charge on any atom is -0.405 e. The molecule has 2 aromatic carbocycles. The molecular formula is C20H15F3N2O2. The Bertz CT molecular complexity index is 998. The summed E-state index contributed by atoms with van der Waals surface area (Å²) in [7, 11) is 0. The minimum absolute atomic E-state index is 0.236. The number of aromatic nitrogens is 1. The number of amides is 1. The summed E-state index contributed by atoms with van der Waals surface area (Å²) in [6, 6.07) is 15.1. The Hall–Kier alpha value is -3.09. The van der Waals surface area contributed by atoms with Gasteiger partial charge in [0, 0.05) is 17.5 Å². The first-order valence-corrected chi connectivity index (χ1v) is 8.42. The zero-order chi connectivity index (χ0) is 19.0. The number of anilines is 1. The third kappa shape index (κ3) is 3.72. The predicted molar refractivity (Wildman–Crippen MR) is 94.3 cm³/mol. The van der Waals surface area contributed by atoms with Crippen LogP contribution in [0, 0.1) is 5.92 Å². The molecule has 1 amide bonds. The second-order valence-electron chi connectivity index (χ2n) is 6.40. The molecule has 1 aliphatic rings. The minimum atomic E-state index is -4.77. The number of para-hydroxylation sites is 2. The lowest BCUT2D eigenvalue weighted by Crippen LogP contribution is -2.18. The van der Waals surface area contributed by atoms with Gasteiger partial charge in [-0.25, -0.2) is 0 Å². The molecule has 3 aromatic rings. The van der Waals surface area contributed by atoms with Gasteiger partial charge in [-0.2, -0.15) is 0 Å². The molecule has 27 heavy (non-hydrogen) atoms. The van der Waals surface area contributed by atoms with Crippen molar-refractivity contribution in [2.75, 3.05) is 5.32 Å². The van der Waals surface area contributed by atoms with E-state index in [1.165, 1.54) is 12.1 Å². The third-order valence-electron chi connectivity index (χ3n) is 4.56. The van der Waals surface area contributed by atoms with Crippen LogP contribution < -0.4 is 10.1 Å². The Labute approximate surface area is 153 Å². The van der Waals surface area contributed by atoms with E-state index >= 15 is 0 Å². The number of hydrogen-bond donors (Lipinski definition) is 1. The first-order valence-electron chi connectivity index (χ1n) is 8.42. The number of nitrogens with zero attached hydrogens (tertiary/aromatic N) is 1. The largest absolute Gasteiger partial charge is 0.573 e. The third-order valence-corrected chi connectivity index (χ3v) is 4.56. The Morgan fingerprint density at radius 1 is 1.07 bits per heavy atom. The summed E-state index contributed by atoms with van der Waals surface area (Å²) >= 11 is 0. The zero-order valence-corrected chi connectivity index (χ0v) is 14.0. The molecule has 0 spiro atoms. The summed E-state index contributed by atoms with van der Waals surface area (Å²) in [4.78, 5) is 16.9. The number of pyridine rings is 1. The lowest BCUT2D eigenvalue weighted by Gasteiger charge is -2.13. The highest BCUT2D eigenvalue weighted by Gasteiger charge is 2.46. The predicted octanol–water partition coefficient (Wildman–Crippen LogP) is 4.88. The molecule has 1 saturated carbocycles. The average Bonchev–Trinajstić information content (AvgIpc) is 3.42. The summed E-state index contributed by atoms with van der Waals surface area (Å²) in [5.41, 5.74) is 1.65. The Morgan fingerprint density at radius 3 is 2.67 bits per heavy atom. The Morgan fingerprint density at radius 2 is 1.85 bits per heavy atom. The van der Waals surface area contributed by atoms with Crippen molar-refractivity contribution in [3.05, 3.63) is 66.4 Å². The number of halogens is 3. The number of fused-ring (bicyclic) bond motifs is 1. The molecule has 1 aromatic heterocycles. The van der Waals surface area contributed by atoms with Crippen LogP contribution >= 0.6 is 0 Å². The SMILES string of the molecule is O=C(Nc1cccc2cccnc12)[C@H]1C[C@H]1c1ccccc1OC(F)(F)F. The van der Waals surface area contributed by atoms with Gasteiger partial charge in [-0.15, -0.1) is 13.2 Å². The molecule has 4 nitrogen and oxygen atoms in total. The van der Waals surface area contributed by atoms with E-state index in [4.69, 9.17) is 0 Å². The molecule has 1 N–H and O–H groups in total. The van der Waals surface area contributed by atoms with E-state index in [2.05, 4.69) is 15.0 Å². The van der Waals surface area contributed by atoms with Crippen molar-refractivity contribution in [2.45, 2.75) is 18.7 Å². The molecule has 1 aliphatic carbocycles. The van der Waals surface area contributed by atoms with Crippen molar-refractivity contribution in [1.29, 1.82) is 0 Å². The molecule has 4 rings (SSSR count). The molecule has 1 fully saturated rings. The van der Waals surface area contributed by atoms with Crippen molar-refractivity contribution in [1.82, 2.24) is 4.98 Å². The number of ether oxygens (including phenoxy) is 1. The number of alkyl halides is 3. The van der Waals surface area contributed by atoms with Crippen LogP contribution in [0.15, 0.2) is 60.8 Å². The van der Waals surface area contributed by atoms with E-state index in [1.54, 1.807) is 24.4 Å². The van der Waals surface area contributed by atoms with E-state index in [-0.39, 0.29) is 17.6 Å². The molecule has 138 valence electrons. The maximum atomic E-state index is 12.6. The summed E-state index contributed by atoms with van der Waals surface area (Å²) in [5, 5.41) is 3.74. The van der Waals surface area contributed by atoms with Gasteiger partial charge in [0.15, 0.2) is 0 Å². The molecule has 2 atom stereocenters. The lowest BCUT2D eigenvalue weighted by molar-refractivity contribution is -0.274. The molecule has 0 bridgehead atoms. The van der Waals surface area contributed by atoms with Gasteiger partial charge < -0.3 is 10.1 Å². The first kappa shape index (κ1) is 17.3. The van der Waals surface area contributed by atoms with Gasteiger partial charge in [0.2, 0.25) is 5.91 Å². The molecule has 0 unspecified atom stereocenters. The highest BCUT2D eigenvalue weighted by atomic mass is 19.4. The fraction of sp³-hybridized carbons (Fsp3) is 0.200. The summed E-state index contributed by atoms with van der Waals surface area (Å²) in [5.74, 6) is -1.19. The first-order chi connectivity index (χ1) is 12.9. The number of nitrogens with one attached hydrogen (secondary N) is 1. The number of carbonyl (C=O) groups excluding carboxylic acids is 1. The van der Waals surface area contributed by atoms with Gasteiger partial charge in [0.05, 0.1) is 11.2 Å². The van der Waals surface area contributed by atoms with Crippen LogP contribution in [0.5, 0.6) is 5.75 Å². The fourth-order valence-corrected chi connectivity index (χ4v) is 3.26. The Kier molecular flexibility index (Phi) is 4.22. The van der Waals surface area contributed by atoms with Crippen molar-refractivity contribution in [2.24, 2.45) is 5.92 Å². The zero-order valence-electron chi connectivity index (χ0n) is 14.0. The van der Waals surface area contributed by atoms with Gasteiger partial charge in [0.1, 0.15) is 5.75 Å². The van der Waals surface area contributed by atoms with Crippen molar-refractivity contribution < 1.29 is 22.7 Å². The van der Waals surface area contributed by atoms with E-state index in [1.807, 2.05) is 24.3 Å². The topological polar surface area (TPSA) is 51.2 Å². The second kappa shape index (κ2) is 6.57. The van der Waals surface area contributed by atoms with Gasteiger partial charge in [-0.1, -0.05) is 36.4 Å².